The molecule has 0 radical (unpaired) electrons. The molecule has 1 aliphatic heterocycles. The van der Waals surface area contributed by atoms with Crippen LogP contribution < -0.4 is 9.62 Å². The highest BCUT2D eigenvalue weighted by atomic mass is 79.9. The number of morpholine rings is 1. The van der Waals surface area contributed by atoms with Gasteiger partial charge in [-0.25, -0.2) is 8.42 Å². The molecule has 2 aromatic carbocycles. The van der Waals surface area contributed by atoms with Crippen molar-refractivity contribution in [2.45, 2.75) is 11.1 Å². The van der Waals surface area contributed by atoms with Crippen molar-refractivity contribution in [3.63, 3.8) is 0 Å². The minimum absolute atomic E-state index is 0.281. The lowest BCUT2D eigenvalue weighted by molar-refractivity contribution is -0.137. The van der Waals surface area contributed by atoms with Crippen molar-refractivity contribution in [1.29, 1.82) is 0 Å². The van der Waals surface area contributed by atoms with Gasteiger partial charge >= 0.3 is 6.18 Å². The van der Waals surface area contributed by atoms with Gasteiger partial charge in [0, 0.05) is 17.6 Å². The molecule has 0 unspecified atom stereocenters. The summed E-state index contributed by atoms with van der Waals surface area (Å²) in [5, 5.41) is 0. The first-order valence-corrected chi connectivity index (χ1v) is 10.3. The van der Waals surface area contributed by atoms with E-state index in [1.807, 2.05) is 4.90 Å². The molecule has 0 bridgehead atoms. The topological polar surface area (TPSA) is 58.6 Å². The third-order valence-electron chi connectivity index (χ3n) is 4.03. The average molecular weight is 465 g/mol. The third-order valence-corrected chi connectivity index (χ3v) is 5.88. The second kappa shape index (κ2) is 7.69. The number of benzene rings is 2. The van der Waals surface area contributed by atoms with E-state index in [1.165, 1.54) is 0 Å². The van der Waals surface area contributed by atoms with Gasteiger partial charge in [-0.1, -0.05) is 22.0 Å². The first-order valence-electron chi connectivity index (χ1n) is 7.99. The van der Waals surface area contributed by atoms with Crippen molar-refractivity contribution in [3.8, 4) is 0 Å². The quantitative estimate of drug-likeness (QED) is 0.739. The number of rotatable bonds is 4. The Kier molecular flexibility index (Phi) is 5.68. The molecule has 1 N–H and O–H groups in total. The summed E-state index contributed by atoms with van der Waals surface area (Å²) in [7, 11) is -4.20. The molecule has 0 saturated carbocycles. The summed E-state index contributed by atoms with van der Waals surface area (Å²) < 4.78 is 72.4. The van der Waals surface area contributed by atoms with E-state index < -0.39 is 26.7 Å². The maximum atomic E-state index is 12.9. The lowest BCUT2D eigenvalue weighted by atomic mass is 10.2. The standard InChI is InChI=1S/C17H16BrF3N2O3S/c18-13-4-5-16(23-6-8-26-9-7-23)15(11-13)22-27(24,25)14-3-1-2-12(10-14)17(19,20)21/h1-5,10-11,22H,6-9H2. The maximum absolute atomic E-state index is 12.9. The summed E-state index contributed by atoms with van der Waals surface area (Å²) in [4.78, 5) is 1.50. The summed E-state index contributed by atoms with van der Waals surface area (Å²) in [5.74, 6) is 0. The van der Waals surface area contributed by atoms with Crippen LogP contribution in [-0.2, 0) is 20.9 Å². The van der Waals surface area contributed by atoms with Gasteiger partial charge in [-0.3, -0.25) is 4.72 Å². The zero-order chi connectivity index (χ0) is 19.7. The first kappa shape index (κ1) is 20.0. The van der Waals surface area contributed by atoms with Crippen LogP contribution in [-0.4, -0.2) is 34.7 Å². The number of hydrogen-bond donors (Lipinski definition) is 1. The van der Waals surface area contributed by atoms with Crippen LogP contribution in [0.4, 0.5) is 24.5 Å². The zero-order valence-electron chi connectivity index (χ0n) is 14.0. The number of ether oxygens (including phenoxy) is 1. The monoisotopic (exact) mass is 464 g/mol. The lowest BCUT2D eigenvalue weighted by Gasteiger charge is -2.30. The average Bonchev–Trinajstić information content (AvgIpc) is 2.62. The number of hydrogen-bond acceptors (Lipinski definition) is 4. The molecule has 5 nitrogen and oxygen atoms in total. The van der Waals surface area contributed by atoms with E-state index in [-0.39, 0.29) is 5.69 Å². The van der Waals surface area contributed by atoms with Gasteiger partial charge in [-0.2, -0.15) is 13.2 Å². The van der Waals surface area contributed by atoms with Crippen LogP contribution in [0.5, 0.6) is 0 Å². The number of nitrogens with one attached hydrogen (secondary N) is 1. The summed E-state index contributed by atoms with van der Waals surface area (Å²) in [6, 6.07) is 8.75. The van der Waals surface area contributed by atoms with Crippen molar-refractivity contribution >= 4 is 37.3 Å². The minimum atomic E-state index is -4.62. The molecular weight excluding hydrogens is 449 g/mol. The Bertz CT molecular complexity index is 929. The van der Waals surface area contributed by atoms with Crippen LogP contribution in [0.15, 0.2) is 51.8 Å². The zero-order valence-corrected chi connectivity index (χ0v) is 16.4. The summed E-state index contributed by atoms with van der Waals surface area (Å²) >= 11 is 3.30. The molecule has 0 aromatic heterocycles. The highest BCUT2D eigenvalue weighted by Gasteiger charge is 2.32. The largest absolute Gasteiger partial charge is 0.416 e. The van der Waals surface area contributed by atoms with Crippen LogP contribution in [0, 0.1) is 0 Å². The Balaban J connectivity index is 1.95. The molecule has 1 heterocycles. The summed E-state index contributed by atoms with van der Waals surface area (Å²) in [6.07, 6.45) is -4.62. The Labute approximate surface area is 163 Å². The molecule has 0 amide bonds. The number of anilines is 2. The van der Waals surface area contributed by atoms with E-state index in [2.05, 4.69) is 20.7 Å². The van der Waals surface area contributed by atoms with E-state index in [1.54, 1.807) is 18.2 Å². The molecule has 1 aliphatic rings. The van der Waals surface area contributed by atoms with Crippen LogP contribution in [0.25, 0.3) is 0 Å². The van der Waals surface area contributed by atoms with Crippen molar-refractivity contribution in [2.24, 2.45) is 0 Å². The van der Waals surface area contributed by atoms with Crippen molar-refractivity contribution < 1.29 is 26.3 Å². The van der Waals surface area contributed by atoms with Crippen molar-refractivity contribution in [2.75, 3.05) is 35.9 Å². The smallest absolute Gasteiger partial charge is 0.378 e. The van der Waals surface area contributed by atoms with Crippen LogP contribution in [0.2, 0.25) is 0 Å². The molecule has 2 aromatic rings. The van der Waals surface area contributed by atoms with Gasteiger partial charge in [0.1, 0.15) is 0 Å². The number of alkyl halides is 3. The molecule has 146 valence electrons. The third kappa shape index (κ3) is 4.74. The van der Waals surface area contributed by atoms with E-state index in [9.17, 15) is 21.6 Å². The van der Waals surface area contributed by atoms with Crippen LogP contribution >= 0.6 is 15.9 Å². The summed E-state index contributed by atoms with van der Waals surface area (Å²) in [5.41, 5.74) is -0.103. The number of halogens is 4. The lowest BCUT2D eigenvalue weighted by Crippen LogP contribution is -2.36. The first-order chi connectivity index (χ1) is 12.7. The van der Waals surface area contributed by atoms with E-state index in [0.717, 1.165) is 18.2 Å². The highest BCUT2D eigenvalue weighted by molar-refractivity contribution is 9.10. The highest BCUT2D eigenvalue weighted by Crippen LogP contribution is 2.34. The van der Waals surface area contributed by atoms with Gasteiger partial charge in [-0.05, 0) is 36.4 Å². The van der Waals surface area contributed by atoms with Crippen molar-refractivity contribution in [1.82, 2.24) is 0 Å². The number of nitrogens with zero attached hydrogens (tertiary/aromatic N) is 1. The maximum Gasteiger partial charge on any atom is 0.416 e. The Morgan fingerprint density at radius 1 is 1.07 bits per heavy atom. The Morgan fingerprint density at radius 2 is 1.78 bits per heavy atom. The molecule has 1 fully saturated rings. The predicted octanol–water partition coefficient (Wildman–Crippen LogP) is 4.11. The Morgan fingerprint density at radius 3 is 2.44 bits per heavy atom. The number of sulfonamides is 1. The predicted molar refractivity (Wildman–Crippen MR) is 99.4 cm³/mol. The molecule has 3 rings (SSSR count). The van der Waals surface area contributed by atoms with E-state index >= 15 is 0 Å². The van der Waals surface area contributed by atoms with Gasteiger partial charge in [0.25, 0.3) is 10.0 Å². The molecule has 0 spiro atoms. The van der Waals surface area contributed by atoms with Gasteiger partial charge < -0.3 is 9.64 Å². The molecule has 1 saturated heterocycles. The fraction of sp³-hybridized carbons (Fsp3) is 0.294. The Hall–Kier alpha value is -1.78. The van der Waals surface area contributed by atoms with Crippen molar-refractivity contribution in [3.05, 3.63) is 52.5 Å². The second-order valence-corrected chi connectivity index (χ2v) is 8.49. The fourth-order valence-corrected chi connectivity index (χ4v) is 4.19. The minimum Gasteiger partial charge on any atom is -0.378 e. The normalized spacial score (nSPS) is 15.6. The van der Waals surface area contributed by atoms with Gasteiger partial charge in [0.15, 0.2) is 0 Å². The van der Waals surface area contributed by atoms with Crippen LogP contribution in [0.3, 0.4) is 0 Å². The molecule has 10 heteroatoms. The molecule has 0 atom stereocenters. The fourth-order valence-electron chi connectivity index (χ4n) is 2.71. The molecular formula is C17H16BrF3N2O3S. The summed E-state index contributed by atoms with van der Waals surface area (Å²) in [6.45, 7) is 2.19. The second-order valence-electron chi connectivity index (χ2n) is 5.89. The van der Waals surface area contributed by atoms with Crippen LogP contribution in [0.1, 0.15) is 5.56 Å². The molecule has 0 aliphatic carbocycles. The SMILES string of the molecule is O=S(=O)(Nc1cc(Br)ccc1N1CCOCC1)c1cccc(C(F)(F)F)c1. The van der Waals surface area contributed by atoms with E-state index in [0.29, 0.717) is 42.5 Å². The van der Waals surface area contributed by atoms with Gasteiger partial charge in [0.05, 0.1) is 35.0 Å². The van der Waals surface area contributed by atoms with Gasteiger partial charge in [0.2, 0.25) is 0 Å². The van der Waals surface area contributed by atoms with E-state index in [4.69, 9.17) is 4.74 Å². The van der Waals surface area contributed by atoms with Gasteiger partial charge in [-0.15, -0.1) is 0 Å². The molecule has 27 heavy (non-hydrogen) atoms.